The SMILES string of the molecule is COc1ccc(C(=O)NCc2cc(F)ccc2C)cc1OC1CCN(C(C)C)CC1. The first-order chi connectivity index (χ1) is 14.4. The van der Waals surface area contributed by atoms with Gasteiger partial charge in [-0.2, -0.15) is 0 Å². The Morgan fingerprint density at radius 1 is 1.17 bits per heavy atom. The predicted molar refractivity (Wildman–Crippen MR) is 116 cm³/mol. The van der Waals surface area contributed by atoms with Crippen LogP contribution in [0.5, 0.6) is 11.5 Å². The molecule has 1 heterocycles. The molecule has 0 radical (unpaired) electrons. The highest BCUT2D eigenvalue weighted by Crippen LogP contribution is 2.31. The minimum atomic E-state index is -0.312. The van der Waals surface area contributed by atoms with Crippen LogP contribution in [-0.4, -0.2) is 43.2 Å². The fourth-order valence-electron chi connectivity index (χ4n) is 3.71. The second kappa shape index (κ2) is 9.94. The number of piperidine rings is 1. The molecule has 2 aromatic rings. The van der Waals surface area contributed by atoms with Gasteiger partial charge in [-0.1, -0.05) is 6.07 Å². The smallest absolute Gasteiger partial charge is 0.251 e. The van der Waals surface area contributed by atoms with Gasteiger partial charge < -0.3 is 19.7 Å². The fraction of sp³-hybridized carbons (Fsp3) is 0.458. The zero-order valence-corrected chi connectivity index (χ0v) is 18.2. The normalized spacial score (nSPS) is 15.3. The molecule has 1 saturated heterocycles. The van der Waals surface area contributed by atoms with Crippen LogP contribution < -0.4 is 14.8 Å². The van der Waals surface area contributed by atoms with Crippen molar-refractivity contribution < 1.29 is 18.7 Å². The summed E-state index contributed by atoms with van der Waals surface area (Å²) in [6.07, 6.45) is 1.98. The third-order valence-electron chi connectivity index (χ3n) is 5.68. The molecule has 3 rings (SSSR count). The molecule has 5 nitrogen and oxygen atoms in total. The maximum absolute atomic E-state index is 13.5. The number of hydrogen-bond acceptors (Lipinski definition) is 4. The first-order valence-corrected chi connectivity index (χ1v) is 10.5. The van der Waals surface area contributed by atoms with Crippen LogP contribution >= 0.6 is 0 Å². The van der Waals surface area contributed by atoms with Crippen LogP contribution in [0.2, 0.25) is 0 Å². The maximum atomic E-state index is 13.5. The lowest BCUT2D eigenvalue weighted by Crippen LogP contribution is -2.41. The summed E-state index contributed by atoms with van der Waals surface area (Å²) in [4.78, 5) is 15.1. The van der Waals surface area contributed by atoms with Gasteiger partial charge in [0.05, 0.1) is 7.11 Å². The molecule has 6 heteroatoms. The van der Waals surface area contributed by atoms with Gasteiger partial charge in [0.25, 0.3) is 5.91 Å². The van der Waals surface area contributed by atoms with Crippen molar-refractivity contribution in [1.82, 2.24) is 10.2 Å². The Hall–Kier alpha value is -2.60. The number of ether oxygens (including phenoxy) is 2. The molecule has 1 aliphatic rings. The number of amides is 1. The number of benzene rings is 2. The molecule has 1 aliphatic heterocycles. The van der Waals surface area contributed by atoms with Crippen molar-refractivity contribution >= 4 is 5.91 Å². The standard InChI is InChI=1S/C24H31FN2O3/c1-16(2)27-11-9-21(10-12-27)30-23-14-18(6-8-22(23)29-4)24(28)26-15-19-13-20(25)7-5-17(19)3/h5-8,13-14,16,21H,9-12,15H2,1-4H3,(H,26,28). The molecule has 30 heavy (non-hydrogen) atoms. The van der Waals surface area contributed by atoms with E-state index in [4.69, 9.17) is 9.47 Å². The highest BCUT2D eigenvalue weighted by molar-refractivity contribution is 5.94. The van der Waals surface area contributed by atoms with E-state index in [-0.39, 0.29) is 24.4 Å². The van der Waals surface area contributed by atoms with Crippen LogP contribution in [0.3, 0.4) is 0 Å². The van der Waals surface area contributed by atoms with Gasteiger partial charge in [-0.25, -0.2) is 4.39 Å². The van der Waals surface area contributed by atoms with Gasteiger partial charge in [0.15, 0.2) is 11.5 Å². The molecule has 0 unspecified atom stereocenters. The first kappa shape index (κ1) is 22.1. The average molecular weight is 415 g/mol. The van der Waals surface area contributed by atoms with E-state index >= 15 is 0 Å². The average Bonchev–Trinajstić information content (AvgIpc) is 2.74. The van der Waals surface area contributed by atoms with Gasteiger partial charge in [0, 0.05) is 31.2 Å². The number of carbonyl (C=O) groups excluding carboxylic acids is 1. The van der Waals surface area contributed by atoms with Crippen LogP contribution in [0.15, 0.2) is 36.4 Å². The van der Waals surface area contributed by atoms with E-state index in [1.165, 1.54) is 12.1 Å². The summed E-state index contributed by atoms with van der Waals surface area (Å²) in [6.45, 7) is 8.56. The Morgan fingerprint density at radius 2 is 1.90 bits per heavy atom. The summed E-state index contributed by atoms with van der Waals surface area (Å²) in [7, 11) is 1.59. The quantitative estimate of drug-likeness (QED) is 0.733. The van der Waals surface area contributed by atoms with E-state index in [0.717, 1.165) is 37.1 Å². The number of methoxy groups -OCH3 is 1. The van der Waals surface area contributed by atoms with Gasteiger partial charge in [-0.15, -0.1) is 0 Å². The molecule has 0 saturated carbocycles. The van der Waals surface area contributed by atoms with Crippen molar-refractivity contribution in [3.63, 3.8) is 0 Å². The maximum Gasteiger partial charge on any atom is 0.251 e. The molecular formula is C24H31FN2O3. The fourth-order valence-corrected chi connectivity index (χ4v) is 3.71. The first-order valence-electron chi connectivity index (χ1n) is 10.5. The monoisotopic (exact) mass is 414 g/mol. The Kier molecular flexibility index (Phi) is 7.32. The minimum absolute atomic E-state index is 0.0992. The Balaban J connectivity index is 1.66. The highest BCUT2D eigenvalue weighted by Gasteiger charge is 2.23. The highest BCUT2D eigenvalue weighted by atomic mass is 19.1. The van der Waals surface area contributed by atoms with E-state index in [1.807, 2.05) is 6.92 Å². The molecular weight excluding hydrogens is 383 g/mol. The molecule has 1 N–H and O–H groups in total. The van der Waals surface area contributed by atoms with Gasteiger partial charge in [-0.05, 0) is 75.1 Å². The molecule has 0 atom stereocenters. The van der Waals surface area contributed by atoms with E-state index in [9.17, 15) is 9.18 Å². The van der Waals surface area contributed by atoms with Crippen molar-refractivity contribution in [2.24, 2.45) is 0 Å². The molecule has 2 aromatic carbocycles. The van der Waals surface area contributed by atoms with Gasteiger partial charge in [0.2, 0.25) is 0 Å². The second-order valence-corrected chi connectivity index (χ2v) is 8.07. The lowest BCUT2D eigenvalue weighted by Gasteiger charge is -2.34. The van der Waals surface area contributed by atoms with Crippen molar-refractivity contribution in [2.45, 2.75) is 52.3 Å². The van der Waals surface area contributed by atoms with Crippen LogP contribution in [0.25, 0.3) is 0 Å². The summed E-state index contributed by atoms with van der Waals surface area (Å²) in [6, 6.07) is 10.3. The summed E-state index contributed by atoms with van der Waals surface area (Å²) < 4.78 is 25.1. The van der Waals surface area contributed by atoms with E-state index < -0.39 is 0 Å². The van der Waals surface area contributed by atoms with Crippen LogP contribution in [0, 0.1) is 12.7 Å². The summed E-state index contributed by atoms with van der Waals surface area (Å²) >= 11 is 0. The summed E-state index contributed by atoms with van der Waals surface area (Å²) in [5, 5.41) is 2.86. The molecule has 1 amide bonds. The van der Waals surface area contributed by atoms with E-state index in [2.05, 4.69) is 24.1 Å². The number of aryl methyl sites for hydroxylation is 1. The Morgan fingerprint density at radius 3 is 2.57 bits per heavy atom. The number of halogens is 1. The number of carbonyl (C=O) groups is 1. The van der Waals surface area contributed by atoms with Crippen LogP contribution in [0.1, 0.15) is 48.2 Å². The van der Waals surface area contributed by atoms with Crippen molar-refractivity contribution in [3.05, 3.63) is 58.9 Å². The number of hydrogen-bond donors (Lipinski definition) is 1. The van der Waals surface area contributed by atoms with Crippen molar-refractivity contribution in [3.8, 4) is 11.5 Å². The lowest BCUT2D eigenvalue weighted by molar-refractivity contribution is 0.0819. The topological polar surface area (TPSA) is 50.8 Å². The second-order valence-electron chi connectivity index (χ2n) is 8.07. The molecule has 0 bridgehead atoms. The Labute approximate surface area is 178 Å². The predicted octanol–water partition coefficient (Wildman–Crippen LogP) is 4.32. The number of rotatable bonds is 7. The van der Waals surface area contributed by atoms with E-state index in [1.54, 1.807) is 31.4 Å². The number of nitrogens with zero attached hydrogens (tertiary/aromatic N) is 1. The molecule has 1 fully saturated rings. The van der Waals surface area contributed by atoms with E-state index in [0.29, 0.717) is 23.1 Å². The zero-order valence-electron chi connectivity index (χ0n) is 18.2. The molecule has 0 aromatic heterocycles. The van der Waals surface area contributed by atoms with Crippen molar-refractivity contribution in [2.75, 3.05) is 20.2 Å². The van der Waals surface area contributed by atoms with Crippen molar-refractivity contribution in [1.29, 1.82) is 0 Å². The van der Waals surface area contributed by atoms with Crippen LogP contribution in [0.4, 0.5) is 4.39 Å². The molecule has 162 valence electrons. The zero-order chi connectivity index (χ0) is 21.7. The minimum Gasteiger partial charge on any atom is -0.493 e. The Bertz CT molecular complexity index is 877. The molecule has 0 aliphatic carbocycles. The molecule has 0 spiro atoms. The van der Waals surface area contributed by atoms with Gasteiger partial charge in [0.1, 0.15) is 11.9 Å². The lowest BCUT2D eigenvalue weighted by atomic mass is 10.1. The largest absolute Gasteiger partial charge is 0.493 e. The third-order valence-corrected chi connectivity index (χ3v) is 5.68. The summed E-state index contributed by atoms with van der Waals surface area (Å²) in [5.41, 5.74) is 2.17. The van der Waals surface area contributed by atoms with Gasteiger partial charge >= 0.3 is 0 Å². The summed E-state index contributed by atoms with van der Waals surface area (Å²) in [5.74, 6) is 0.642. The van der Waals surface area contributed by atoms with Crippen LogP contribution in [-0.2, 0) is 6.54 Å². The number of likely N-dealkylation sites (tertiary alicyclic amines) is 1. The number of nitrogens with one attached hydrogen (secondary N) is 1. The third kappa shape index (κ3) is 5.51. The van der Waals surface area contributed by atoms with Gasteiger partial charge in [-0.3, -0.25) is 4.79 Å².